The molecule has 2 rings (SSSR count). The van der Waals surface area contributed by atoms with E-state index < -0.39 is 0 Å². The minimum atomic E-state index is 0.372. The topological polar surface area (TPSA) is 50.9 Å². The van der Waals surface area contributed by atoms with Crippen LogP contribution >= 0.6 is 27.7 Å². The van der Waals surface area contributed by atoms with E-state index in [2.05, 4.69) is 46.1 Å². The van der Waals surface area contributed by atoms with Gasteiger partial charge in [-0.15, -0.1) is 0 Å². The van der Waals surface area contributed by atoms with Gasteiger partial charge in [0.05, 0.1) is 23.1 Å². The second kappa shape index (κ2) is 6.48. The first-order chi connectivity index (χ1) is 9.11. The molecular formula is C14H18BrN3S. The van der Waals surface area contributed by atoms with Crippen LogP contribution in [0.2, 0.25) is 0 Å². The highest BCUT2D eigenvalue weighted by Gasteiger charge is 2.10. The fraction of sp³-hybridized carbons (Fsp3) is 0.357. The van der Waals surface area contributed by atoms with Crippen molar-refractivity contribution in [3.05, 3.63) is 28.9 Å². The molecule has 102 valence electrons. The van der Waals surface area contributed by atoms with Gasteiger partial charge in [0.1, 0.15) is 0 Å². The van der Waals surface area contributed by atoms with E-state index in [1.54, 1.807) is 6.20 Å². The van der Waals surface area contributed by atoms with Gasteiger partial charge in [0.15, 0.2) is 0 Å². The highest BCUT2D eigenvalue weighted by atomic mass is 79.9. The Morgan fingerprint density at radius 3 is 3.00 bits per heavy atom. The molecule has 0 aliphatic carbocycles. The van der Waals surface area contributed by atoms with Crippen molar-refractivity contribution in [2.45, 2.75) is 19.9 Å². The Hall–Kier alpha value is -0.940. The van der Waals surface area contributed by atoms with Gasteiger partial charge in [-0.1, -0.05) is 22.9 Å². The molecule has 3 nitrogen and oxygen atoms in total. The van der Waals surface area contributed by atoms with Crippen molar-refractivity contribution in [2.75, 3.05) is 22.6 Å². The summed E-state index contributed by atoms with van der Waals surface area (Å²) < 4.78 is 1.03. The molecule has 1 atom stereocenters. The van der Waals surface area contributed by atoms with E-state index in [0.29, 0.717) is 11.7 Å². The van der Waals surface area contributed by atoms with Gasteiger partial charge in [0.25, 0.3) is 0 Å². The van der Waals surface area contributed by atoms with E-state index in [-0.39, 0.29) is 0 Å². The molecule has 0 aliphatic rings. The van der Waals surface area contributed by atoms with E-state index in [4.69, 9.17) is 5.73 Å². The Balaban J connectivity index is 2.35. The molecule has 0 amide bonds. The molecule has 2 aromatic rings. The molecule has 3 N–H and O–H groups in total. The molecule has 0 fully saturated rings. The lowest BCUT2D eigenvalue weighted by molar-refractivity contribution is 0.915. The molecule has 1 aromatic heterocycles. The van der Waals surface area contributed by atoms with Crippen molar-refractivity contribution in [2.24, 2.45) is 0 Å². The smallest absolute Gasteiger partial charge is 0.0743 e. The number of fused-ring (bicyclic) bond motifs is 1. The second-order valence-electron chi connectivity index (χ2n) is 4.45. The van der Waals surface area contributed by atoms with Gasteiger partial charge < -0.3 is 11.1 Å². The number of pyridine rings is 1. The summed E-state index contributed by atoms with van der Waals surface area (Å²) in [4.78, 5) is 4.36. The van der Waals surface area contributed by atoms with E-state index in [0.717, 1.165) is 32.6 Å². The van der Waals surface area contributed by atoms with Crippen LogP contribution in [0, 0.1) is 0 Å². The Morgan fingerprint density at radius 1 is 1.47 bits per heavy atom. The SMILES string of the molecule is CCSCC(C)Nc1c(N)cnc2ccc(Br)cc12. The summed E-state index contributed by atoms with van der Waals surface area (Å²) in [6.45, 7) is 4.34. The molecule has 5 heteroatoms. The van der Waals surface area contributed by atoms with Crippen LogP contribution in [0.1, 0.15) is 13.8 Å². The maximum Gasteiger partial charge on any atom is 0.0743 e. The molecule has 0 aliphatic heterocycles. The third kappa shape index (κ3) is 3.54. The normalized spacial score (nSPS) is 12.6. The van der Waals surface area contributed by atoms with Gasteiger partial charge in [-0.2, -0.15) is 11.8 Å². The summed E-state index contributed by atoms with van der Waals surface area (Å²) in [5.41, 5.74) is 8.70. The van der Waals surface area contributed by atoms with Crippen LogP contribution in [-0.2, 0) is 0 Å². The molecule has 0 radical (unpaired) electrons. The number of halogens is 1. The minimum absolute atomic E-state index is 0.372. The Kier molecular flexibility index (Phi) is 4.93. The predicted molar refractivity (Wildman–Crippen MR) is 89.9 cm³/mol. The molecule has 1 aromatic carbocycles. The van der Waals surface area contributed by atoms with Crippen molar-refractivity contribution >= 4 is 50.0 Å². The number of hydrogen-bond donors (Lipinski definition) is 2. The largest absolute Gasteiger partial charge is 0.396 e. The average Bonchev–Trinajstić information content (AvgIpc) is 2.40. The molecule has 0 saturated heterocycles. The molecular weight excluding hydrogens is 322 g/mol. The van der Waals surface area contributed by atoms with Crippen molar-refractivity contribution < 1.29 is 0 Å². The summed E-state index contributed by atoms with van der Waals surface area (Å²) in [6, 6.07) is 6.42. The summed E-state index contributed by atoms with van der Waals surface area (Å²) in [6.07, 6.45) is 1.72. The summed E-state index contributed by atoms with van der Waals surface area (Å²) in [5, 5.41) is 4.57. The number of nitrogens with two attached hydrogens (primary N) is 1. The Morgan fingerprint density at radius 2 is 2.26 bits per heavy atom. The Bertz CT molecular complexity index is 569. The van der Waals surface area contributed by atoms with Crippen LogP contribution in [0.25, 0.3) is 10.9 Å². The lowest BCUT2D eigenvalue weighted by Crippen LogP contribution is -2.19. The summed E-state index contributed by atoms with van der Waals surface area (Å²) in [7, 11) is 0. The van der Waals surface area contributed by atoms with E-state index in [1.165, 1.54) is 0 Å². The number of benzene rings is 1. The number of hydrogen-bond acceptors (Lipinski definition) is 4. The third-order valence-electron chi connectivity index (χ3n) is 2.82. The number of aromatic nitrogens is 1. The van der Waals surface area contributed by atoms with Gasteiger partial charge in [0.2, 0.25) is 0 Å². The summed E-state index contributed by atoms with van der Waals surface area (Å²) in [5.74, 6) is 2.19. The van der Waals surface area contributed by atoms with Crippen molar-refractivity contribution in [1.82, 2.24) is 4.98 Å². The zero-order valence-electron chi connectivity index (χ0n) is 11.1. The number of rotatable bonds is 5. The van der Waals surface area contributed by atoms with Gasteiger partial charge in [-0.3, -0.25) is 4.98 Å². The second-order valence-corrected chi connectivity index (χ2v) is 6.69. The standard InChI is InChI=1S/C14H18BrN3S/c1-3-19-8-9(2)18-14-11-6-10(15)4-5-13(11)17-7-12(14)16/h4-7,9H,3,8,16H2,1-2H3,(H,17,18). The van der Waals surface area contributed by atoms with Crippen molar-refractivity contribution in [3.63, 3.8) is 0 Å². The first-order valence-corrected chi connectivity index (χ1v) is 8.24. The van der Waals surface area contributed by atoms with Gasteiger partial charge in [-0.05, 0) is 30.9 Å². The summed E-state index contributed by atoms with van der Waals surface area (Å²) >= 11 is 5.42. The zero-order valence-corrected chi connectivity index (χ0v) is 13.5. The molecule has 1 heterocycles. The van der Waals surface area contributed by atoms with Crippen LogP contribution in [0.3, 0.4) is 0 Å². The maximum absolute atomic E-state index is 6.07. The fourth-order valence-corrected chi connectivity index (χ4v) is 2.96. The van der Waals surface area contributed by atoms with Gasteiger partial charge in [-0.25, -0.2) is 0 Å². The number of nitrogens with one attached hydrogen (secondary N) is 1. The monoisotopic (exact) mass is 339 g/mol. The van der Waals surface area contributed by atoms with E-state index in [1.807, 2.05) is 23.9 Å². The van der Waals surface area contributed by atoms with Crippen LogP contribution in [0.4, 0.5) is 11.4 Å². The highest BCUT2D eigenvalue weighted by molar-refractivity contribution is 9.10. The highest BCUT2D eigenvalue weighted by Crippen LogP contribution is 2.30. The molecule has 0 spiro atoms. The van der Waals surface area contributed by atoms with Gasteiger partial charge in [0, 0.05) is 21.7 Å². The van der Waals surface area contributed by atoms with Crippen molar-refractivity contribution in [3.8, 4) is 0 Å². The van der Waals surface area contributed by atoms with Crippen LogP contribution in [0.15, 0.2) is 28.9 Å². The van der Waals surface area contributed by atoms with E-state index >= 15 is 0 Å². The zero-order chi connectivity index (χ0) is 13.8. The first kappa shape index (κ1) is 14.5. The van der Waals surface area contributed by atoms with E-state index in [9.17, 15) is 0 Å². The number of thioether (sulfide) groups is 1. The fourth-order valence-electron chi connectivity index (χ4n) is 1.92. The molecule has 0 saturated carbocycles. The molecule has 1 unspecified atom stereocenters. The number of nitrogen functional groups attached to an aromatic ring is 1. The van der Waals surface area contributed by atoms with Crippen molar-refractivity contribution in [1.29, 1.82) is 0 Å². The minimum Gasteiger partial charge on any atom is -0.396 e. The average molecular weight is 340 g/mol. The first-order valence-electron chi connectivity index (χ1n) is 6.29. The van der Waals surface area contributed by atoms with Crippen LogP contribution in [0.5, 0.6) is 0 Å². The maximum atomic E-state index is 6.07. The number of nitrogens with zero attached hydrogens (tertiary/aromatic N) is 1. The Labute approximate surface area is 126 Å². The number of anilines is 2. The van der Waals surface area contributed by atoms with Crippen LogP contribution in [-0.4, -0.2) is 22.5 Å². The molecule has 19 heavy (non-hydrogen) atoms. The van der Waals surface area contributed by atoms with Gasteiger partial charge >= 0.3 is 0 Å². The predicted octanol–water partition coefficient (Wildman–Crippen LogP) is 4.13. The lowest BCUT2D eigenvalue weighted by Gasteiger charge is -2.18. The quantitative estimate of drug-likeness (QED) is 0.859. The van der Waals surface area contributed by atoms with Crippen LogP contribution < -0.4 is 11.1 Å². The third-order valence-corrected chi connectivity index (χ3v) is 4.46. The lowest BCUT2D eigenvalue weighted by atomic mass is 10.1. The molecule has 0 bridgehead atoms.